The Balaban J connectivity index is 1.61. The third-order valence-electron chi connectivity index (χ3n) is 4.54. The van der Waals surface area contributed by atoms with Crippen LogP contribution in [0.5, 0.6) is 0 Å². The number of hydrogen-bond donors (Lipinski definition) is 1. The van der Waals surface area contributed by atoms with Crippen molar-refractivity contribution in [2.24, 2.45) is 0 Å². The second-order valence-electron chi connectivity index (χ2n) is 6.33. The SMILES string of the molecule is O=C(Nc1cccc(S(=O)(=O)N2CCCC2)c1)c1sc2ccccc2c1Cl. The maximum absolute atomic E-state index is 12.7. The average Bonchev–Trinajstić information content (AvgIpc) is 3.31. The predicted octanol–water partition coefficient (Wildman–Crippen LogP) is 4.59. The molecule has 1 saturated heterocycles. The highest BCUT2D eigenvalue weighted by atomic mass is 35.5. The van der Waals surface area contributed by atoms with E-state index in [0.717, 1.165) is 22.9 Å². The lowest BCUT2D eigenvalue weighted by Gasteiger charge is -2.16. The Bertz CT molecular complexity index is 1120. The molecule has 0 radical (unpaired) electrons. The van der Waals surface area contributed by atoms with Gasteiger partial charge in [0.1, 0.15) is 4.88 Å². The molecule has 0 aliphatic carbocycles. The van der Waals surface area contributed by atoms with Crippen LogP contribution < -0.4 is 5.32 Å². The number of nitrogens with one attached hydrogen (secondary N) is 1. The molecule has 0 saturated carbocycles. The Morgan fingerprint density at radius 3 is 2.56 bits per heavy atom. The topological polar surface area (TPSA) is 66.5 Å². The van der Waals surface area contributed by atoms with Crippen LogP contribution in [0.3, 0.4) is 0 Å². The van der Waals surface area contributed by atoms with Crippen LogP contribution in [-0.4, -0.2) is 31.7 Å². The molecule has 8 heteroatoms. The van der Waals surface area contributed by atoms with Gasteiger partial charge in [0.05, 0.1) is 9.92 Å². The fraction of sp³-hybridized carbons (Fsp3) is 0.211. The van der Waals surface area contributed by atoms with Crippen molar-refractivity contribution in [3.05, 3.63) is 58.4 Å². The van der Waals surface area contributed by atoms with Gasteiger partial charge in [0.15, 0.2) is 0 Å². The zero-order valence-corrected chi connectivity index (χ0v) is 16.7. The van der Waals surface area contributed by atoms with E-state index in [-0.39, 0.29) is 10.8 Å². The van der Waals surface area contributed by atoms with Crippen molar-refractivity contribution in [3.8, 4) is 0 Å². The number of rotatable bonds is 4. The summed E-state index contributed by atoms with van der Waals surface area (Å²) < 4.78 is 27.8. The number of benzene rings is 2. The Morgan fingerprint density at radius 2 is 1.81 bits per heavy atom. The molecule has 0 unspecified atom stereocenters. The second-order valence-corrected chi connectivity index (χ2v) is 9.70. The number of fused-ring (bicyclic) bond motifs is 1. The molecule has 1 N–H and O–H groups in total. The molecule has 5 nitrogen and oxygen atoms in total. The molecule has 1 aromatic heterocycles. The van der Waals surface area contributed by atoms with Crippen LogP contribution in [0, 0.1) is 0 Å². The third kappa shape index (κ3) is 3.48. The molecule has 1 fully saturated rings. The molecule has 0 spiro atoms. The van der Waals surface area contributed by atoms with Crippen molar-refractivity contribution >= 4 is 54.6 Å². The van der Waals surface area contributed by atoms with Crippen molar-refractivity contribution in [2.75, 3.05) is 18.4 Å². The largest absolute Gasteiger partial charge is 0.321 e. The number of nitrogens with zero attached hydrogens (tertiary/aromatic N) is 1. The Morgan fingerprint density at radius 1 is 1.07 bits per heavy atom. The van der Waals surface area contributed by atoms with E-state index < -0.39 is 10.0 Å². The van der Waals surface area contributed by atoms with E-state index in [1.807, 2.05) is 24.3 Å². The van der Waals surface area contributed by atoms with Gasteiger partial charge in [-0.05, 0) is 37.1 Å². The molecule has 4 rings (SSSR count). The van der Waals surface area contributed by atoms with E-state index in [1.165, 1.54) is 21.7 Å². The number of carbonyl (C=O) groups excluding carboxylic acids is 1. The third-order valence-corrected chi connectivity index (χ3v) is 8.10. The zero-order chi connectivity index (χ0) is 19.0. The van der Waals surface area contributed by atoms with E-state index >= 15 is 0 Å². The molecule has 1 aliphatic rings. The number of halogens is 1. The number of hydrogen-bond acceptors (Lipinski definition) is 4. The summed E-state index contributed by atoms with van der Waals surface area (Å²) >= 11 is 7.67. The van der Waals surface area contributed by atoms with E-state index in [4.69, 9.17) is 11.6 Å². The van der Waals surface area contributed by atoms with Crippen LogP contribution in [0.2, 0.25) is 5.02 Å². The highest BCUT2D eigenvalue weighted by Gasteiger charge is 2.27. The number of sulfonamides is 1. The normalized spacial score (nSPS) is 15.3. The van der Waals surface area contributed by atoms with E-state index in [9.17, 15) is 13.2 Å². The van der Waals surface area contributed by atoms with Gasteiger partial charge in [-0.3, -0.25) is 4.79 Å². The maximum atomic E-state index is 12.7. The summed E-state index contributed by atoms with van der Waals surface area (Å²) in [6.45, 7) is 1.08. The molecule has 2 heterocycles. The van der Waals surface area contributed by atoms with Crippen LogP contribution in [0.25, 0.3) is 10.1 Å². The smallest absolute Gasteiger partial charge is 0.267 e. The fourth-order valence-corrected chi connectivity index (χ4v) is 6.14. The Labute approximate surface area is 166 Å². The van der Waals surface area contributed by atoms with Gasteiger partial charge in [-0.25, -0.2) is 8.42 Å². The molecule has 0 atom stereocenters. The van der Waals surface area contributed by atoms with E-state index in [2.05, 4.69) is 5.32 Å². The number of anilines is 1. The summed E-state index contributed by atoms with van der Waals surface area (Å²) in [7, 11) is -3.53. The van der Waals surface area contributed by atoms with E-state index in [0.29, 0.717) is 28.7 Å². The molecule has 3 aromatic rings. The van der Waals surface area contributed by atoms with Crippen molar-refractivity contribution < 1.29 is 13.2 Å². The van der Waals surface area contributed by atoms with Gasteiger partial charge in [-0.1, -0.05) is 35.9 Å². The minimum atomic E-state index is -3.53. The van der Waals surface area contributed by atoms with Crippen molar-refractivity contribution in [1.82, 2.24) is 4.31 Å². The van der Waals surface area contributed by atoms with Crippen LogP contribution in [-0.2, 0) is 10.0 Å². The lowest BCUT2D eigenvalue weighted by Crippen LogP contribution is -2.27. The van der Waals surface area contributed by atoms with Crippen LogP contribution in [0.1, 0.15) is 22.5 Å². The number of carbonyl (C=O) groups is 1. The van der Waals surface area contributed by atoms with Gasteiger partial charge in [0.2, 0.25) is 10.0 Å². The van der Waals surface area contributed by atoms with Crippen LogP contribution in [0.4, 0.5) is 5.69 Å². The summed E-state index contributed by atoms with van der Waals surface area (Å²) in [5.41, 5.74) is 0.425. The molecular formula is C19H17ClN2O3S2. The van der Waals surface area contributed by atoms with E-state index in [1.54, 1.807) is 18.2 Å². The quantitative estimate of drug-likeness (QED) is 0.671. The molecule has 1 amide bonds. The summed E-state index contributed by atoms with van der Waals surface area (Å²) in [6.07, 6.45) is 1.75. The lowest BCUT2D eigenvalue weighted by atomic mass is 10.2. The summed E-state index contributed by atoms with van der Waals surface area (Å²) in [5.74, 6) is -0.350. The number of thiophene rings is 1. The molecule has 140 valence electrons. The van der Waals surface area contributed by atoms with Gasteiger partial charge < -0.3 is 5.32 Å². The van der Waals surface area contributed by atoms with Crippen molar-refractivity contribution in [2.45, 2.75) is 17.7 Å². The van der Waals surface area contributed by atoms with Gasteiger partial charge in [-0.2, -0.15) is 4.31 Å². The minimum absolute atomic E-state index is 0.185. The first-order chi connectivity index (χ1) is 13.0. The first kappa shape index (κ1) is 18.4. The fourth-order valence-electron chi connectivity index (χ4n) is 3.16. The van der Waals surface area contributed by atoms with Crippen molar-refractivity contribution in [3.63, 3.8) is 0 Å². The van der Waals surface area contributed by atoms with Gasteiger partial charge in [0.25, 0.3) is 5.91 Å². The molecular weight excluding hydrogens is 404 g/mol. The standard InChI is InChI=1S/C19H17ClN2O3S2/c20-17-15-8-1-2-9-16(15)26-18(17)19(23)21-13-6-5-7-14(12-13)27(24,25)22-10-3-4-11-22/h1-2,5-9,12H,3-4,10-11H2,(H,21,23). The monoisotopic (exact) mass is 420 g/mol. The van der Waals surface area contributed by atoms with Gasteiger partial charge in [0, 0.05) is 28.9 Å². The highest BCUT2D eigenvalue weighted by Crippen LogP contribution is 2.35. The van der Waals surface area contributed by atoms with Crippen LogP contribution in [0.15, 0.2) is 53.4 Å². The summed E-state index contributed by atoms with van der Waals surface area (Å²) in [5, 5.41) is 4.01. The Hall–Kier alpha value is -1.93. The Kier molecular flexibility index (Phi) is 4.94. The predicted molar refractivity (Wildman–Crippen MR) is 109 cm³/mol. The molecule has 0 bridgehead atoms. The first-order valence-electron chi connectivity index (χ1n) is 8.55. The van der Waals surface area contributed by atoms with Crippen molar-refractivity contribution in [1.29, 1.82) is 0 Å². The lowest BCUT2D eigenvalue weighted by molar-refractivity contribution is 0.103. The average molecular weight is 421 g/mol. The van der Waals surface area contributed by atoms with Gasteiger partial charge in [-0.15, -0.1) is 11.3 Å². The van der Waals surface area contributed by atoms with Crippen LogP contribution >= 0.6 is 22.9 Å². The molecule has 27 heavy (non-hydrogen) atoms. The minimum Gasteiger partial charge on any atom is -0.321 e. The maximum Gasteiger partial charge on any atom is 0.267 e. The zero-order valence-electron chi connectivity index (χ0n) is 14.3. The summed E-state index contributed by atoms with van der Waals surface area (Å²) in [6, 6.07) is 13.9. The second kappa shape index (κ2) is 7.24. The van der Waals surface area contributed by atoms with Gasteiger partial charge >= 0.3 is 0 Å². The first-order valence-corrected chi connectivity index (χ1v) is 11.2. The summed E-state index contributed by atoms with van der Waals surface area (Å²) in [4.78, 5) is 13.3. The molecule has 2 aromatic carbocycles. The number of amides is 1. The highest BCUT2D eigenvalue weighted by molar-refractivity contribution is 7.89. The molecule has 1 aliphatic heterocycles.